The number of rotatable bonds is 8. The molecule has 3 rings (SSSR count). The van der Waals surface area contributed by atoms with Crippen molar-refractivity contribution < 1.29 is 18.4 Å². The van der Waals surface area contributed by atoms with E-state index in [0.29, 0.717) is 17.9 Å². The molecule has 0 aliphatic rings. The van der Waals surface area contributed by atoms with Gasteiger partial charge < -0.3 is 9.73 Å². The largest absolute Gasteiger partial charge is 0.455 e. The molecule has 0 radical (unpaired) electrons. The molecule has 1 heterocycles. The lowest BCUT2D eigenvalue weighted by Gasteiger charge is -2.19. The van der Waals surface area contributed by atoms with Crippen LogP contribution < -0.4 is 10.7 Å². The van der Waals surface area contributed by atoms with Crippen molar-refractivity contribution in [1.29, 1.82) is 0 Å². The van der Waals surface area contributed by atoms with Gasteiger partial charge in [0, 0.05) is 10.0 Å². The summed E-state index contributed by atoms with van der Waals surface area (Å²) in [5.41, 5.74) is 4.34. The first-order chi connectivity index (χ1) is 15.7. The molecule has 2 aromatic carbocycles. The second kappa shape index (κ2) is 11.0. The molecule has 8 heteroatoms. The first-order valence-electron chi connectivity index (χ1n) is 10.5. The summed E-state index contributed by atoms with van der Waals surface area (Å²) in [4.78, 5) is 25.1. The predicted octanol–water partition coefficient (Wildman–Crippen LogP) is 5.45. The van der Waals surface area contributed by atoms with Gasteiger partial charge in [-0.3, -0.25) is 9.59 Å². The van der Waals surface area contributed by atoms with Gasteiger partial charge in [0.2, 0.25) is 0 Å². The molecule has 1 atom stereocenters. The maximum absolute atomic E-state index is 13.9. The fourth-order valence-electron chi connectivity index (χ4n) is 3.21. The molecule has 0 aliphatic heterocycles. The molecule has 0 saturated heterocycles. The summed E-state index contributed by atoms with van der Waals surface area (Å²) in [7, 11) is 0. The number of furan rings is 1. The lowest BCUT2D eigenvalue weighted by Crippen LogP contribution is -2.46. The zero-order valence-electron chi connectivity index (χ0n) is 18.6. The number of nitrogens with one attached hydrogen (secondary N) is 2. The predicted molar refractivity (Wildman–Crippen MR) is 129 cm³/mol. The van der Waals surface area contributed by atoms with Crippen LogP contribution in [0.15, 0.2) is 68.6 Å². The van der Waals surface area contributed by atoms with Crippen molar-refractivity contribution in [3.05, 3.63) is 81.8 Å². The minimum atomic E-state index is -0.870. The number of benzene rings is 2. The van der Waals surface area contributed by atoms with Gasteiger partial charge in [-0.25, -0.2) is 9.82 Å². The number of nitrogens with zero attached hydrogens (tertiary/aromatic N) is 1. The van der Waals surface area contributed by atoms with Gasteiger partial charge in [-0.05, 0) is 61.2 Å². The van der Waals surface area contributed by atoms with E-state index < -0.39 is 23.7 Å². The molecule has 6 nitrogen and oxygen atoms in total. The van der Waals surface area contributed by atoms with Gasteiger partial charge in [-0.15, -0.1) is 0 Å². The van der Waals surface area contributed by atoms with Crippen molar-refractivity contribution in [2.75, 3.05) is 0 Å². The van der Waals surface area contributed by atoms with Crippen LogP contribution in [0.4, 0.5) is 4.39 Å². The summed E-state index contributed by atoms with van der Waals surface area (Å²) >= 11 is 3.53. The number of hydrogen-bond donors (Lipinski definition) is 2. The van der Waals surface area contributed by atoms with Crippen LogP contribution in [-0.4, -0.2) is 24.1 Å². The van der Waals surface area contributed by atoms with Crippen molar-refractivity contribution >= 4 is 34.0 Å². The normalized spacial score (nSPS) is 12.2. The Kier molecular flexibility index (Phi) is 8.16. The molecule has 0 aliphatic carbocycles. The van der Waals surface area contributed by atoms with Gasteiger partial charge >= 0.3 is 0 Å². The zero-order chi connectivity index (χ0) is 24.0. The first kappa shape index (κ1) is 24.4. The molecule has 2 N–H and O–H groups in total. The minimum Gasteiger partial charge on any atom is -0.455 e. The van der Waals surface area contributed by atoms with Crippen LogP contribution in [-0.2, 0) is 4.79 Å². The Labute approximate surface area is 200 Å². The zero-order valence-corrected chi connectivity index (χ0v) is 20.1. The monoisotopic (exact) mass is 513 g/mol. The molecule has 172 valence electrons. The van der Waals surface area contributed by atoms with Crippen LogP contribution in [0.5, 0.6) is 0 Å². The van der Waals surface area contributed by atoms with E-state index in [1.54, 1.807) is 12.1 Å². The smallest absolute Gasteiger partial charge is 0.262 e. The molecule has 2 amide bonds. The Balaban J connectivity index is 1.66. The first-order valence-corrected chi connectivity index (χ1v) is 11.3. The second-order valence-electron chi connectivity index (χ2n) is 8.06. The van der Waals surface area contributed by atoms with Gasteiger partial charge in [0.25, 0.3) is 11.8 Å². The van der Waals surface area contributed by atoms with Crippen molar-refractivity contribution in [2.24, 2.45) is 11.0 Å². The van der Waals surface area contributed by atoms with Crippen LogP contribution in [0.2, 0.25) is 0 Å². The minimum absolute atomic E-state index is 0.117. The highest BCUT2D eigenvalue weighted by molar-refractivity contribution is 9.10. The summed E-state index contributed by atoms with van der Waals surface area (Å²) in [6.45, 7) is 5.85. The van der Waals surface area contributed by atoms with E-state index in [1.807, 2.05) is 45.0 Å². The molecule has 0 saturated carbocycles. The Bertz CT molecular complexity index is 1170. The maximum atomic E-state index is 13.9. The SMILES string of the molecule is Cc1ccc(-c2ccc(/C=N\NC(=O)[C@@H](CC(C)C)NC(=O)c3ccccc3F)o2)c(Br)c1. The summed E-state index contributed by atoms with van der Waals surface area (Å²) in [5, 5.41) is 6.55. The number of carbonyl (C=O) groups excluding carboxylic acids is 2. The lowest BCUT2D eigenvalue weighted by molar-refractivity contribution is -0.123. The number of carbonyl (C=O) groups is 2. The molecule has 0 fully saturated rings. The number of amides is 2. The third kappa shape index (κ3) is 6.61. The standard InChI is InChI=1S/C25H25BrFN3O3/c1-15(2)12-22(29-24(31)19-6-4-5-7-21(19)27)25(32)30-28-14-17-9-11-23(33-17)18-10-8-16(3)13-20(18)26/h4-11,13-15,22H,12H2,1-3H3,(H,29,31)(H,30,32)/b28-14-/t22-/m1/s1. The van der Waals surface area contributed by atoms with Crippen molar-refractivity contribution in [1.82, 2.24) is 10.7 Å². The molecule has 0 unspecified atom stereocenters. The third-order valence-electron chi connectivity index (χ3n) is 4.83. The van der Waals surface area contributed by atoms with E-state index in [1.165, 1.54) is 24.4 Å². The summed E-state index contributed by atoms with van der Waals surface area (Å²) in [6, 6.07) is 14.2. The average Bonchev–Trinajstić information content (AvgIpc) is 3.21. The van der Waals surface area contributed by atoms with E-state index in [2.05, 4.69) is 31.8 Å². The number of halogens is 2. The number of aryl methyl sites for hydroxylation is 1. The van der Waals surface area contributed by atoms with Gasteiger partial charge in [-0.2, -0.15) is 5.10 Å². The number of hydrazone groups is 1. The van der Waals surface area contributed by atoms with Crippen LogP contribution >= 0.6 is 15.9 Å². The third-order valence-corrected chi connectivity index (χ3v) is 5.49. The van der Waals surface area contributed by atoms with Crippen molar-refractivity contribution in [3.63, 3.8) is 0 Å². The van der Waals surface area contributed by atoms with Crippen molar-refractivity contribution in [3.8, 4) is 11.3 Å². The van der Waals surface area contributed by atoms with Gasteiger partial charge in [-0.1, -0.05) is 48.0 Å². The van der Waals surface area contributed by atoms with Crippen LogP contribution in [0.1, 0.15) is 41.9 Å². The van der Waals surface area contributed by atoms with Crippen LogP contribution in [0, 0.1) is 18.7 Å². The Morgan fingerprint density at radius 1 is 1.15 bits per heavy atom. The van der Waals surface area contributed by atoms with Crippen molar-refractivity contribution in [2.45, 2.75) is 33.2 Å². The lowest BCUT2D eigenvalue weighted by atomic mass is 10.0. The average molecular weight is 514 g/mol. The summed E-state index contributed by atoms with van der Waals surface area (Å²) < 4.78 is 20.6. The van der Waals surface area contributed by atoms with Crippen LogP contribution in [0.25, 0.3) is 11.3 Å². The molecular weight excluding hydrogens is 489 g/mol. The van der Waals surface area contributed by atoms with Gasteiger partial charge in [0.1, 0.15) is 23.4 Å². The second-order valence-corrected chi connectivity index (χ2v) is 8.91. The quantitative estimate of drug-likeness (QED) is 0.310. The molecule has 0 spiro atoms. The Hall–Kier alpha value is -3.26. The Morgan fingerprint density at radius 2 is 1.91 bits per heavy atom. The molecule has 0 bridgehead atoms. The number of hydrogen-bond acceptors (Lipinski definition) is 4. The maximum Gasteiger partial charge on any atom is 0.262 e. The Morgan fingerprint density at radius 3 is 2.61 bits per heavy atom. The van der Waals surface area contributed by atoms with Crippen LogP contribution in [0.3, 0.4) is 0 Å². The molecule has 3 aromatic rings. The highest BCUT2D eigenvalue weighted by Gasteiger charge is 2.23. The van der Waals surface area contributed by atoms with Gasteiger partial charge in [0.15, 0.2) is 0 Å². The van der Waals surface area contributed by atoms with E-state index >= 15 is 0 Å². The van der Waals surface area contributed by atoms with E-state index in [0.717, 1.165) is 15.6 Å². The van der Waals surface area contributed by atoms with Gasteiger partial charge in [0.05, 0.1) is 11.8 Å². The topological polar surface area (TPSA) is 83.7 Å². The van der Waals surface area contributed by atoms with E-state index in [-0.39, 0.29) is 11.5 Å². The molecular formula is C25H25BrFN3O3. The highest BCUT2D eigenvalue weighted by Crippen LogP contribution is 2.30. The fraction of sp³-hybridized carbons (Fsp3) is 0.240. The van der Waals surface area contributed by atoms with E-state index in [9.17, 15) is 14.0 Å². The molecule has 1 aromatic heterocycles. The highest BCUT2D eigenvalue weighted by atomic mass is 79.9. The van der Waals surface area contributed by atoms with E-state index in [4.69, 9.17) is 4.42 Å². The summed E-state index contributed by atoms with van der Waals surface area (Å²) in [5.74, 6) is -0.579. The fourth-order valence-corrected chi connectivity index (χ4v) is 3.90. The summed E-state index contributed by atoms with van der Waals surface area (Å²) in [6.07, 6.45) is 1.75. The molecule has 33 heavy (non-hydrogen) atoms.